The number of piperidine rings is 1. The Kier molecular flexibility index (Phi) is 8.16. The van der Waals surface area contributed by atoms with Gasteiger partial charge in [-0.3, -0.25) is 4.79 Å². The Bertz CT molecular complexity index is 743. The molecule has 0 bridgehead atoms. The van der Waals surface area contributed by atoms with E-state index in [1.165, 1.54) is 12.1 Å². The van der Waals surface area contributed by atoms with Gasteiger partial charge in [0, 0.05) is 39.3 Å². The quantitative estimate of drug-likeness (QED) is 0.783. The Morgan fingerprint density at radius 1 is 1.27 bits per heavy atom. The number of urea groups is 1. The normalized spacial score (nSPS) is 20.4. The van der Waals surface area contributed by atoms with Crippen LogP contribution in [0.25, 0.3) is 0 Å². The summed E-state index contributed by atoms with van der Waals surface area (Å²) in [5, 5.41) is 3.02. The monoisotopic (exact) mass is 441 g/mol. The fourth-order valence-corrected chi connectivity index (χ4v) is 4.05. The minimum atomic E-state index is -0.395. The molecule has 1 aromatic rings. The second kappa shape index (κ2) is 10.8. The summed E-state index contributed by atoms with van der Waals surface area (Å²) in [5.74, 6) is 0.205. The van der Waals surface area contributed by atoms with Crippen molar-refractivity contribution in [1.29, 1.82) is 0 Å². The number of halogens is 2. The van der Waals surface area contributed by atoms with E-state index < -0.39 is 5.82 Å². The summed E-state index contributed by atoms with van der Waals surface area (Å²) in [6, 6.07) is 4.11. The summed E-state index contributed by atoms with van der Waals surface area (Å²) in [6.07, 6.45) is 2.25. The van der Waals surface area contributed by atoms with Crippen molar-refractivity contribution in [2.45, 2.75) is 32.3 Å². The zero-order chi connectivity index (χ0) is 21.5. The van der Waals surface area contributed by atoms with Crippen LogP contribution in [0.15, 0.2) is 18.2 Å². The fourth-order valence-electron chi connectivity index (χ4n) is 3.83. The standard InChI is InChI=1S/C21H29ClFN3O4/c1-15(30-19-4-3-17(23)13-18(19)22)16-5-9-26(10-6-16)21(28)25-8-2-12-29-14-20(27)24-7-11-25/h3-4,13,15-16H,2,5-12,14H2,1H3,(H,24,27). The summed E-state index contributed by atoms with van der Waals surface area (Å²) >= 11 is 6.06. The largest absolute Gasteiger partial charge is 0.489 e. The van der Waals surface area contributed by atoms with Crippen molar-refractivity contribution in [3.05, 3.63) is 29.0 Å². The highest BCUT2D eigenvalue weighted by Crippen LogP contribution is 2.30. The Hall–Kier alpha value is -2.06. The summed E-state index contributed by atoms with van der Waals surface area (Å²) in [6.45, 7) is 5.33. The van der Waals surface area contributed by atoms with Gasteiger partial charge in [0.15, 0.2) is 0 Å². The maximum atomic E-state index is 13.2. The van der Waals surface area contributed by atoms with E-state index in [1.54, 1.807) is 11.0 Å². The first-order valence-electron chi connectivity index (χ1n) is 10.4. The van der Waals surface area contributed by atoms with E-state index in [9.17, 15) is 14.0 Å². The molecule has 1 N–H and O–H groups in total. The van der Waals surface area contributed by atoms with Crippen LogP contribution in [0.2, 0.25) is 5.02 Å². The van der Waals surface area contributed by atoms with Crippen LogP contribution in [0.1, 0.15) is 26.2 Å². The first-order chi connectivity index (χ1) is 14.4. The zero-order valence-corrected chi connectivity index (χ0v) is 18.0. The SMILES string of the molecule is CC(Oc1ccc(F)cc1Cl)C1CCN(C(=O)N2CCCOCC(=O)NCC2)CC1. The number of hydrogen-bond donors (Lipinski definition) is 1. The molecular weight excluding hydrogens is 413 g/mol. The lowest BCUT2D eigenvalue weighted by Crippen LogP contribution is -2.50. The molecule has 30 heavy (non-hydrogen) atoms. The van der Waals surface area contributed by atoms with Crippen molar-refractivity contribution in [3.63, 3.8) is 0 Å². The van der Waals surface area contributed by atoms with Gasteiger partial charge in [0.1, 0.15) is 18.2 Å². The molecule has 3 rings (SSSR count). The molecule has 2 saturated heterocycles. The second-order valence-corrected chi connectivity index (χ2v) is 8.16. The van der Waals surface area contributed by atoms with Crippen LogP contribution in [0.5, 0.6) is 5.75 Å². The number of likely N-dealkylation sites (tertiary alicyclic amines) is 1. The lowest BCUT2D eigenvalue weighted by atomic mass is 9.92. The molecule has 9 heteroatoms. The fraction of sp³-hybridized carbons (Fsp3) is 0.619. The Morgan fingerprint density at radius 2 is 2.00 bits per heavy atom. The summed E-state index contributed by atoms with van der Waals surface area (Å²) < 4.78 is 24.5. The molecule has 1 unspecified atom stereocenters. The van der Waals surface area contributed by atoms with E-state index in [1.807, 2.05) is 11.8 Å². The lowest BCUT2D eigenvalue weighted by molar-refractivity contribution is -0.126. The highest BCUT2D eigenvalue weighted by molar-refractivity contribution is 6.32. The Balaban J connectivity index is 1.49. The molecule has 1 aromatic carbocycles. The van der Waals surface area contributed by atoms with Crippen molar-refractivity contribution in [2.24, 2.45) is 5.92 Å². The van der Waals surface area contributed by atoms with Gasteiger partial charge in [0.25, 0.3) is 0 Å². The number of ether oxygens (including phenoxy) is 2. The van der Waals surface area contributed by atoms with Crippen LogP contribution in [0.4, 0.5) is 9.18 Å². The van der Waals surface area contributed by atoms with Gasteiger partial charge in [-0.05, 0) is 50.3 Å². The smallest absolute Gasteiger partial charge is 0.320 e. The van der Waals surface area contributed by atoms with Gasteiger partial charge >= 0.3 is 6.03 Å². The second-order valence-electron chi connectivity index (χ2n) is 7.75. The minimum Gasteiger partial charge on any atom is -0.489 e. The third kappa shape index (κ3) is 6.22. The van der Waals surface area contributed by atoms with Crippen LogP contribution >= 0.6 is 11.6 Å². The highest BCUT2D eigenvalue weighted by Gasteiger charge is 2.30. The van der Waals surface area contributed by atoms with Crippen LogP contribution in [0.3, 0.4) is 0 Å². The number of carbonyl (C=O) groups is 2. The first-order valence-corrected chi connectivity index (χ1v) is 10.8. The van der Waals surface area contributed by atoms with E-state index in [0.717, 1.165) is 12.8 Å². The molecule has 3 amide bonds. The molecule has 0 spiro atoms. The Morgan fingerprint density at radius 3 is 2.73 bits per heavy atom. The van der Waals surface area contributed by atoms with Gasteiger partial charge in [-0.1, -0.05) is 11.6 Å². The van der Waals surface area contributed by atoms with E-state index in [0.29, 0.717) is 51.5 Å². The molecule has 166 valence electrons. The van der Waals surface area contributed by atoms with Gasteiger partial charge in [0.05, 0.1) is 11.1 Å². The molecule has 7 nitrogen and oxygen atoms in total. The number of rotatable bonds is 3. The van der Waals surface area contributed by atoms with E-state index in [2.05, 4.69) is 5.32 Å². The molecule has 0 saturated carbocycles. The molecule has 0 aromatic heterocycles. The van der Waals surface area contributed by atoms with E-state index in [4.69, 9.17) is 21.1 Å². The molecule has 2 aliphatic rings. The van der Waals surface area contributed by atoms with Crippen molar-refractivity contribution >= 4 is 23.5 Å². The number of benzene rings is 1. The molecule has 2 aliphatic heterocycles. The number of carbonyl (C=O) groups excluding carboxylic acids is 2. The molecule has 2 fully saturated rings. The average Bonchev–Trinajstić information content (AvgIpc) is 2.74. The minimum absolute atomic E-state index is 0.00146. The topological polar surface area (TPSA) is 71.1 Å². The molecule has 0 aliphatic carbocycles. The summed E-state index contributed by atoms with van der Waals surface area (Å²) in [7, 11) is 0. The average molecular weight is 442 g/mol. The summed E-state index contributed by atoms with van der Waals surface area (Å²) in [4.78, 5) is 28.2. The van der Waals surface area contributed by atoms with Crippen molar-refractivity contribution in [1.82, 2.24) is 15.1 Å². The van der Waals surface area contributed by atoms with Gasteiger partial charge in [-0.2, -0.15) is 0 Å². The van der Waals surface area contributed by atoms with Crippen molar-refractivity contribution in [3.8, 4) is 5.75 Å². The van der Waals surface area contributed by atoms with Crippen LogP contribution in [-0.2, 0) is 9.53 Å². The molecular formula is C21H29ClFN3O4. The maximum absolute atomic E-state index is 13.2. The summed E-state index contributed by atoms with van der Waals surface area (Å²) in [5.41, 5.74) is 0. The first kappa shape index (κ1) is 22.6. The molecule has 0 radical (unpaired) electrons. The van der Waals surface area contributed by atoms with Gasteiger partial charge in [-0.25, -0.2) is 9.18 Å². The van der Waals surface area contributed by atoms with Crippen molar-refractivity contribution in [2.75, 3.05) is 45.9 Å². The number of nitrogens with zero attached hydrogens (tertiary/aromatic N) is 2. The van der Waals surface area contributed by atoms with Gasteiger partial charge in [0.2, 0.25) is 5.91 Å². The lowest BCUT2D eigenvalue weighted by Gasteiger charge is -2.37. The van der Waals surface area contributed by atoms with Crippen LogP contribution in [0, 0.1) is 11.7 Å². The van der Waals surface area contributed by atoms with E-state index in [-0.39, 0.29) is 35.6 Å². The van der Waals surface area contributed by atoms with Crippen molar-refractivity contribution < 1.29 is 23.5 Å². The zero-order valence-electron chi connectivity index (χ0n) is 17.2. The highest BCUT2D eigenvalue weighted by atomic mass is 35.5. The van der Waals surface area contributed by atoms with Crippen LogP contribution in [-0.4, -0.2) is 73.8 Å². The van der Waals surface area contributed by atoms with Crippen LogP contribution < -0.4 is 10.1 Å². The third-order valence-electron chi connectivity index (χ3n) is 5.61. The van der Waals surface area contributed by atoms with Gasteiger partial charge in [-0.15, -0.1) is 0 Å². The number of nitrogens with one attached hydrogen (secondary N) is 1. The number of hydrogen-bond acceptors (Lipinski definition) is 4. The molecule has 1 atom stereocenters. The molecule has 2 heterocycles. The maximum Gasteiger partial charge on any atom is 0.320 e. The third-order valence-corrected chi connectivity index (χ3v) is 5.90. The van der Waals surface area contributed by atoms with E-state index >= 15 is 0 Å². The predicted molar refractivity (Wildman–Crippen MR) is 111 cm³/mol. The Labute approximate surface area is 181 Å². The van der Waals surface area contributed by atoms with Gasteiger partial charge < -0.3 is 24.6 Å². The number of amides is 3. The predicted octanol–water partition coefficient (Wildman–Crippen LogP) is 2.92.